The van der Waals surface area contributed by atoms with Crippen molar-refractivity contribution in [2.75, 3.05) is 19.1 Å². The molecule has 1 saturated heterocycles. The van der Waals surface area contributed by atoms with E-state index in [1.54, 1.807) is 49.5 Å². The van der Waals surface area contributed by atoms with Gasteiger partial charge >= 0.3 is 6.03 Å². The summed E-state index contributed by atoms with van der Waals surface area (Å²) in [5, 5.41) is 0. The van der Waals surface area contributed by atoms with Crippen LogP contribution in [0.4, 0.5) is 19.3 Å². The van der Waals surface area contributed by atoms with Gasteiger partial charge in [0.05, 0.1) is 19.1 Å². The smallest absolute Gasteiger partial charge is 0.332 e. The lowest BCUT2D eigenvalue weighted by molar-refractivity contribution is -0.122. The van der Waals surface area contributed by atoms with E-state index < -0.39 is 34.8 Å². The lowest BCUT2D eigenvalue weighted by Gasteiger charge is -2.45. The molecule has 4 rings (SSSR count). The van der Waals surface area contributed by atoms with Gasteiger partial charge in [-0.1, -0.05) is 24.0 Å². The van der Waals surface area contributed by atoms with Crippen LogP contribution >= 0.6 is 0 Å². The molecule has 0 saturated carbocycles. The Morgan fingerprint density at radius 3 is 2.38 bits per heavy atom. The summed E-state index contributed by atoms with van der Waals surface area (Å²) in [5.41, 5.74) is -0.443. The van der Waals surface area contributed by atoms with Crippen LogP contribution < -0.4 is 9.64 Å². The number of anilines is 1. The van der Waals surface area contributed by atoms with Crippen LogP contribution in [-0.4, -0.2) is 36.0 Å². The number of urea groups is 1. The Balaban J connectivity index is 1.67. The van der Waals surface area contributed by atoms with E-state index in [1.165, 1.54) is 25.3 Å². The van der Waals surface area contributed by atoms with Gasteiger partial charge in [-0.3, -0.25) is 9.78 Å². The standard InChI is InChI=1S/C26H21F2N3O3/c1-26(19-7-4-8-20(14-19)34-3)15-23(32)31(25(33)30(26)2)24-21(27)12-18(13-22(24)28)10-9-17-6-5-11-29-16-17/h4-8,11-14,16H,15H2,1-3H3. The summed E-state index contributed by atoms with van der Waals surface area (Å²) in [6.45, 7) is 1.72. The van der Waals surface area contributed by atoms with E-state index in [2.05, 4.69) is 16.8 Å². The van der Waals surface area contributed by atoms with Crippen LogP contribution in [0.2, 0.25) is 0 Å². The number of methoxy groups -OCH3 is 1. The van der Waals surface area contributed by atoms with Gasteiger partial charge in [-0.05, 0) is 48.9 Å². The third kappa shape index (κ3) is 4.08. The molecule has 0 spiro atoms. The van der Waals surface area contributed by atoms with Gasteiger partial charge in [0.2, 0.25) is 5.91 Å². The summed E-state index contributed by atoms with van der Waals surface area (Å²) in [4.78, 5) is 32.1. The molecule has 0 N–H and O–H groups in total. The molecular formula is C26H21F2N3O3. The number of aromatic nitrogens is 1. The Morgan fingerprint density at radius 1 is 1.03 bits per heavy atom. The fraction of sp³-hybridized carbons (Fsp3) is 0.192. The van der Waals surface area contributed by atoms with Gasteiger partial charge in [0.15, 0.2) is 11.6 Å². The van der Waals surface area contributed by atoms with Crippen molar-refractivity contribution in [2.24, 2.45) is 0 Å². The highest BCUT2D eigenvalue weighted by Crippen LogP contribution is 2.39. The van der Waals surface area contributed by atoms with Gasteiger partial charge in [0.1, 0.15) is 11.4 Å². The highest BCUT2D eigenvalue weighted by atomic mass is 19.1. The summed E-state index contributed by atoms with van der Waals surface area (Å²) in [6.07, 6.45) is 2.93. The van der Waals surface area contributed by atoms with Gasteiger partial charge in [-0.2, -0.15) is 0 Å². The third-order valence-electron chi connectivity index (χ3n) is 5.91. The number of nitrogens with zero attached hydrogens (tertiary/aromatic N) is 3. The Bertz CT molecular complexity index is 1310. The molecular weight excluding hydrogens is 440 g/mol. The van der Waals surface area contributed by atoms with Crippen molar-refractivity contribution in [3.8, 4) is 17.6 Å². The average Bonchev–Trinajstić information content (AvgIpc) is 2.83. The normalized spacial score (nSPS) is 17.9. The van der Waals surface area contributed by atoms with Gasteiger partial charge in [0.25, 0.3) is 0 Å². The SMILES string of the molecule is COc1cccc(C2(C)CC(=O)N(c3c(F)cc(C#Cc4cccnc4)cc3F)C(=O)N2C)c1. The zero-order valence-corrected chi connectivity index (χ0v) is 18.8. The lowest BCUT2D eigenvalue weighted by Crippen LogP contribution is -2.60. The van der Waals surface area contributed by atoms with E-state index in [0.29, 0.717) is 21.8 Å². The minimum Gasteiger partial charge on any atom is -0.497 e. The monoisotopic (exact) mass is 461 g/mol. The number of hydrogen-bond acceptors (Lipinski definition) is 4. The summed E-state index contributed by atoms with van der Waals surface area (Å²) in [6, 6.07) is 11.5. The van der Waals surface area contributed by atoms with Crippen molar-refractivity contribution in [1.82, 2.24) is 9.88 Å². The molecule has 3 amide bonds. The molecule has 0 aliphatic carbocycles. The number of rotatable bonds is 3. The van der Waals surface area contributed by atoms with Crippen molar-refractivity contribution in [3.63, 3.8) is 0 Å². The second-order valence-corrected chi connectivity index (χ2v) is 8.03. The number of hydrogen-bond donors (Lipinski definition) is 0. The van der Waals surface area contributed by atoms with Crippen molar-refractivity contribution in [3.05, 3.63) is 89.2 Å². The summed E-state index contributed by atoms with van der Waals surface area (Å²) in [7, 11) is 3.01. The van der Waals surface area contributed by atoms with E-state index in [4.69, 9.17) is 4.74 Å². The quantitative estimate of drug-likeness (QED) is 0.540. The molecule has 34 heavy (non-hydrogen) atoms. The van der Waals surface area contributed by atoms with Crippen molar-refractivity contribution < 1.29 is 23.1 Å². The first kappa shape index (κ1) is 22.9. The fourth-order valence-electron chi connectivity index (χ4n) is 3.87. The molecule has 1 fully saturated rings. The zero-order chi connectivity index (χ0) is 24.5. The first-order chi connectivity index (χ1) is 16.2. The molecule has 1 aromatic heterocycles. The van der Waals surface area contributed by atoms with Crippen LogP contribution in [0, 0.1) is 23.5 Å². The Hall–Kier alpha value is -4.25. The number of pyridine rings is 1. The van der Waals surface area contributed by atoms with Crippen molar-refractivity contribution in [2.45, 2.75) is 18.9 Å². The highest BCUT2D eigenvalue weighted by Gasteiger charge is 2.47. The third-order valence-corrected chi connectivity index (χ3v) is 5.91. The zero-order valence-electron chi connectivity index (χ0n) is 18.8. The van der Waals surface area contributed by atoms with E-state index in [9.17, 15) is 9.59 Å². The average molecular weight is 461 g/mol. The molecule has 172 valence electrons. The van der Waals surface area contributed by atoms with Gasteiger partial charge < -0.3 is 9.64 Å². The lowest BCUT2D eigenvalue weighted by atomic mass is 9.84. The van der Waals surface area contributed by atoms with E-state index >= 15 is 8.78 Å². The number of ether oxygens (including phenoxy) is 1. The largest absolute Gasteiger partial charge is 0.497 e. The molecule has 1 atom stereocenters. The molecule has 0 bridgehead atoms. The number of benzene rings is 2. The van der Waals surface area contributed by atoms with Crippen molar-refractivity contribution >= 4 is 17.6 Å². The number of imide groups is 1. The molecule has 8 heteroatoms. The molecule has 2 aromatic carbocycles. The Morgan fingerprint density at radius 2 is 1.74 bits per heavy atom. The van der Waals surface area contributed by atoms with E-state index in [1.807, 2.05) is 0 Å². The van der Waals surface area contributed by atoms with Gasteiger partial charge in [-0.25, -0.2) is 18.5 Å². The minimum atomic E-state index is -1.06. The molecule has 2 heterocycles. The van der Waals surface area contributed by atoms with Crippen LogP contribution in [0.15, 0.2) is 60.9 Å². The maximum Gasteiger partial charge on any atom is 0.332 e. The van der Waals surface area contributed by atoms with Crippen LogP contribution in [0.1, 0.15) is 30.0 Å². The first-order valence-corrected chi connectivity index (χ1v) is 10.4. The van der Waals surface area contributed by atoms with Gasteiger partial charge in [-0.15, -0.1) is 0 Å². The maximum absolute atomic E-state index is 15.0. The van der Waals surface area contributed by atoms with E-state index in [-0.39, 0.29) is 12.0 Å². The second-order valence-electron chi connectivity index (χ2n) is 8.03. The van der Waals surface area contributed by atoms with Crippen LogP contribution in [-0.2, 0) is 10.3 Å². The van der Waals surface area contributed by atoms with Crippen LogP contribution in [0.5, 0.6) is 5.75 Å². The first-order valence-electron chi connectivity index (χ1n) is 10.4. The predicted molar refractivity (Wildman–Crippen MR) is 122 cm³/mol. The number of carbonyl (C=O) groups is 2. The molecule has 1 unspecified atom stereocenters. The maximum atomic E-state index is 15.0. The molecule has 1 aliphatic heterocycles. The summed E-state index contributed by atoms with van der Waals surface area (Å²) in [5.74, 6) is 3.16. The summed E-state index contributed by atoms with van der Waals surface area (Å²) >= 11 is 0. The van der Waals surface area contributed by atoms with Crippen LogP contribution in [0.3, 0.4) is 0 Å². The summed E-state index contributed by atoms with van der Waals surface area (Å²) < 4.78 is 35.3. The fourth-order valence-corrected chi connectivity index (χ4v) is 3.87. The van der Waals surface area contributed by atoms with E-state index in [0.717, 1.165) is 12.1 Å². The number of carbonyl (C=O) groups excluding carboxylic acids is 2. The minimum absolute atomic E-state index is 0.0640. The molecule has 1 aliphatic rings. The molecule has 6 nitrogen and oxygen atoms in total. The Labute approximate surface area is 195 Å². The van der Waals surface area contributed by atoms with Crippen LogP contribution in [0.25, 0.3) is 0 Å². The number of amides is 3. The second kappa shape index (κ2) is 8.94. The molecule has 3 aromatic rings. The topological polar surface area (TPSA) is 62.7 Å². The Kier molecular flexibility index (Phi) is 6.03. The number of halogens is 2. The predicted octanol–water partition coefficient (Wildman–Crippen LogP) is 4.47. The highest BCUT2D eigenvalue weighted by molar-refractivity contribution is 6.16. The van der Waals surface area contributed by atoms with Gasteiger partial charge in [0, 0.05) is 30.6 Å². The molecule has 0 radical (unpaired) electrons. The van der Waals surface area contributed by atoms with Crippen molar-refractivity contribution in [1.29, 1.82) is 0 Å².